The van der Waals surface area contributed by atoms with Gasteiger partial charge >= 0.3 is 0 Å². The van der Waals surface area contributed by atoms with Gasteiger partial charge in [0.2, 0.25) is 0 Å². The van der Waals surface area contributed by atoms with Gasteiger partial charge in [0.1, 0.15) is 0 Å². The predicted octanol–water partition coefficient (Wildman–Crippen LogP) is 3.19. The van der Waals surface area contributed by atoms with Crippen LogP contribution in [0.25, 0.3) is 0 Å². The van der Waals surface area contributed by atoms with Gasteiger partial charge in [0.25, 0.3) is 0 Å². The van der Waals surface area contributed by atoms with Gasteiger partial charge in [-0.1, -0.05) is 27.7 Å². The zero-order valence-electron chi connectivity index (χ0n) is 10.6. The van der Waals surface area contributed by atoms with Crippen LogP contribution in [0.4, 0.5) is 0 Å². The molecule has 0 aromatic rings. The van der Waals surface area contributed by atoms with Crippen LogP contribution in [0.2, 0.25) is 0 Å². The second-order valence-corrected chi connectivity index (χ2v) is 7.65. The van der Waals surface area contributed by atoms with Crippen molar-refractivity contribution in [2.75, 3.05) is 0 Å². The van der Waals surface area contributed by atoms with Crippen molar-refractivity contribution in [3.05, 3.63) is 0 Å². The average molecular weight is 207 g/mol. The van der Waals surface area contributed by atoms with Crippen LogP contribution in [0.15, 0.2) is 0 Å². The molecule has 2 bridgehead atoms. The lowest BCUT2D eigenvalue weighted by atomic mass is 9.44. The highest BCUT2D eigenvalue weighted by molar-refractivity contribution is 5.22. The van der Waals surface area contributed by atoms with Gasteiger partial charge in [-0.2, -0.15) is 0 Å². The molecule has 0 amide bonds. The summed E-state index contributed by atoms with van der Waals surface area (Å²) in [4.78, 5) is 0. The van der Waals surface area contributed by atoms with E-state index >= 15 is 0 Å². The first kappa shape index (κ1) is 10.1. The zero-order chi connectivity index (χ0) is 11.1. The minimum absolute atomic E-state index is 0.181. The Morgan fingerprint density at radius 3 is 2.00 bits per heavy atom. The molecular weight excluding hydrogens is 182 g/mol. The lowest BCUT2D eigenvalue weighted by molar-refractivity contribution is -0.117. The average Bonchev–Trinajstić information content (AvgIpc) is 2.67. The molecule has 4 atom stereocenters. The zero-order valence-corrected chi connectivity index (χ0v) is 10.6. The maximum Gasteiger partial charge on any atom is 0.0244 e. The first-order chi connectivity index (χ1) is 6.79. The van der Waals surface area contributed by atoms with Crippen LogP contribution >= 0.6 is 0 Å². The van der Waals surface area contributed by atoms with Crippen LogP contribution in [-0.4, -0.2) is 5.54 Å². The Morgan fingerprint density at radius 1 is 1.00 bits per heavy atom. The van der Waals surface area contributed by atoms with Crippen LogP contribution in [0.5, 0.6) is 0 Å². The molecule has 4 fully saturated rings. The summed E-state index contributed by atoms with van der Waals surface area (Å²) >= 11 is 0. The summed E-state index contributed by atoms with van der Waals surface area (Å²) in [5.74, 6) is 2.74. The van der Waals surface area contributed by atoms with E-state index in [-0.39, 0.29) is 5.54 Å². The van der Waals surface area contributed by atoms with Gasteiger partial charge in [-0.15, -0.1) is 0 Å². The summed E-state index contributed by atoms with van der Waals surface area (Å²) in [7, 11) is 0. The Kier molecular flexibility index (Phi) is 1.65. The second-order valence-electron chi connectivity index (χ2n) is 7.65. The molecule has 86 valence electrons. The summed E-state index contributed by atoms with van der Waals surface area (Å²) in [6.45, 7) is 9.64. The maximum absolute atomic E-state index is 6.64. The van der Waals surface area contributed by atoms with Crippen molar-refractivity contribution in [1.29, 1.82) is 0 Å². The van der Waals surface area contributed by atoms with Crippen molar-refractivity contribution in [2.45, 2.75) is 58.9 Å². The van der Waals surface area contributed by atoms with Gasteiger partial charge in [-0.25, -0.2) is 0 Å². The Morgan fingerprint density at radius 2 is 1.60 bits per heavy atom. The quantitative estimate of drug-likeness (QED) is 0.702. The van der Waals surface area contributed by atoms with Gasteiger partial charge in [0, 0.05) is 5.54 Å². The minimum Gasteiger partial charge on any atom is -0.324 e. The molecule has 4 rings (SSSR count). The Balaban J connectivity index is 1.84. The highest BCUT2D eigenvalue weighted by Gasteiger charge is 2.68. The summed E-state index contributed by atoms with van der Waals surface area (Å²) in [6.07, 6.45) is 5.55. The number of nitrogens with two attached hydrogens (primary N) is 1. The van der Waals surface area contributed by atoms with Gasteiger partial charge in [0.15, 0.2) is 0 Å². The molecule has 0 radical (unpaired) electrons. The van der Waals surface area contributed by atoms with E-state index in [1.165, 1.54) is 25.7 Å². The van der Waals surface area contributed by atoms with Crippen molar-refractivity contribution in [1.82, 2.24) is 0 Å². The fourth-order valence-corrected chi connectivity index (χ4v) is 4.75. The smallest absolute Gasteiger partial charge is 0.0244 e. The van der Waals surface area contributed by atoms with E-state index in [1.807, 2.05) is 0 Å². The molecule has 0 heterocycles. The number of fused-ring (bicyclic) bond motifs is 2. The molecule has 1 heteroatoms. The number of hydrogen-bond acceptors (Lipinski definition) is 1. The van der Waals surface area contributed by atoms with Gasteiger partial charge in [-0.05, 0) is 54.3 Å². The van der Waals surface area contributed by atoms with Crippen molar-refractivity contribution in [3.63, 3.8) is 0 Å². The Bertz CT molecular complexity index is 302. The third-order valence-electron chi connectivity index (χ3n) is 6.39. The van der Waals surface area contributed by atoms with E-state index in [0.717, 1.165) is 17.8 Å². The highest BCUT2D eigenvalue weighted by Crippen LogP contribution is 2.70. The molecule has 15 heavy (non-hydrogen) atoms. The van der Waals surface area contributed by atoms with Crippen molar-refractivity contribution < 1.29 is 0 Å². The largest absolute Gasteiger partial charge is 0.324 e. The molecule has 0 aromatic heterocycles. The summed E-state index contributed by atoms with van der Waals surface area (Å²) < 4.78 is 0. The summed E-state index contributed by atoms with van der Waals surface area (Å²) in [5, 5.41) is 0. The van der Waals surface area contributed by atoms with Crippen molar-refractivity contribution in [2.24, 2.45) is 34.3 Å². The van der Waals surface area contributed by atoms with E-state index in [0.29, 0.717) is 10.8 Å². The third-order valence-corrected chi connectivity index (χ3v) is 6.39. The lowest BCUT2D eigenvalue weighted by Gasteiger charge is -2.62. The van der Waals surface area contributed by atoms with E-state index in [1.54, 1.807) is 0 Å². The fraction of sp³-hybridized carbons (Fsp3) is 1.00. The van der Waals surface area contributed by atoms with Crippen molar-refractivity contribution >= 4 is 0 Å². The molecule has 1 nitrogen and oxygen atoms in total. The number of rotatable bonds is 1. The number of hydrogen-bond donors (Lipinski definition) is 1. The molecule has 4 unspecified atom stereocenters. The van der Waals surface area contributed by atoms with E-state index < -0.39 is 0 Å². The van der Waals surface area contributed by atoms with Crippen LogP contribution in [-0.2, 0) is 0 Å². The third kappa shape index (κ3) is 1.03. The van der Waals surface area contributed by atoms with Crippen molar-refractivity contribution in [3.8, 4) is 0 Å². The van der Waals surface area contributed by atoms with Crippen LogP contribution in [0.3, 0.4) is 0 Å². The minimum atomic E-state index is 0.181. The Hall–Kier alpha value is -0.0400. The van der Waals surface area contributed by atoms with E-state index in [9.17, 15) is 0 Å². The van der Waals surface area contributed by atoms with Gasteiger partial charge in [-0.3, -0.25) is 0 Å². The molecule has 4 aliphatic rings. The molecular formula is C14H25N. The molecule has 0 spiro atoms. The molecule has 4 saturated carbocycles. The second kappa shape index (κ2) is 2.45. The molecule has 0 aliphatic heterocycles. The lowest BCUT2D eigenvalue weighted by Crippen LogP contribution is -2.58. The normalized spacial score (nSPS) is 54.6. The Labute approximate surface area is 93.8 Å². The molecule has 4 aliphatic carbocycles. The van der Waals surface area contributed by atoms with Gasteiger partial charge in [0.05, 0.1) is 0 Å². The first-order valence-electron chi connectivity index (χ1n) is 6.58. The monoisotopic (exact) mass is 207 g/mol. The summed E-state index contributed by atoms with van der Waals surface area (Å²) in [6, 6.07) is 0. The SMILES string of the molecule is CC1(C)C2CCC(C3(N)CC3(C)C)C1C2. The summed E-state index contributed by atoms with van der Waals surface area (Å²) in [5.41, 5.74) is 7.82. The maximum atomic E-state index is 6.64. The standard InChI is InChI=1S/C14H25N/c1-12(2)8-14(12,15)10-6-5-9-7-11(10)13(9,3)4/h9-11H,5-8,15H2,1-4H3. The molecule has 0 saturated heterocycles. The first-order valence-corrected chi connectivity index (χ1v) is 6.58. The molecule has 2 N–H and O–H groups in total. The van der Waals surface area contributed by atoms with Gasteiger partial charge < -0.3 is 5.73 Å². The fourth-order valence-electron chi connectivity index (χ4n) is 4.75. The van der Waals surface area contributed by atoms with Crippen LogP contribution in [0, 0.1) is 28.6 Å². The topological polar surface area (TPSA) is 26.0 Å². The van der Waals surface area contributed by atoms with E-state index in [2.05, 4.69) is 27.7 Å². The van der Waals surface area contributed by atoms with Crippen LogP contribution < -0.4 is 5.73 Å². The highest BCUT2D eigenvalue weighted by atomic mass is 14.9. The van der Waals surface area contributed by atoms with Crippen LogP contribution in [0.1, 0.15) is 53.4 Å². The predicted molar refractivity (Wildman–Crippen MR) is 63.4 cm³/mol. The van der Waals surface area contributed by atoms with E-state index in [4.69, 9.17) is 5.73 Å². The molecule has 0 aromatic carbocycles.